The third-order valence-electron chi connectivity index (χ3n) is 4.69. The van der Waals surface area contributed by atoms with Crippen LogP contribution in [0.5, 0.6) is 0 Å². The van der Waals surface area contributed by atoms with Crippen LogP contribution in [0.25, 0.3) is 11.4 Å². The maximum absolute atomic E-state index is 14.6. The molecule has 1 N–H and O–H groups in total. The van der Waals surface area contributed by atoms with Crippen LogP contribution in [-0.2, 0) is 23.5 Å². The Labute approximate surface area is 186 Å². The van der Waals surface area contributed by atoms with Crippen molar-refractivity contribution in [2.45, 2.75) is 37.6 Å². The van der Waals surface area contributed by atoms with Crippen LogP contribution in [0.1, 0.15) is 26.6 Å². The smallest absolute Gasteiger partial charge is 0.264 e. The Morgan fingerprint density at radius 1 is 1.16 bits per heavy atom. The van der Waals surface area contributed by atoms with Crippen molar-refractivity contribution >= 4 is 27.3 Å². The van der Waals surface area contributed by atoms with Gasteiger partial charge in [-0.15, -0.1) is 10.2 Å². The number of anilines is 1. The Kier molecular flexibility index (Phi) is 6.40. The van der Waals surface area contributed by atoms with Gasteiger partial charge in [0, 0.05) is 30.6 Å². The van der Waals surface area contributed by atoms with Gasteiger partial charge in [-0.25, -0.2) is 12.8 Å². The second-order valence-electron chi connectivity index (χ2n) is 8.01. The molecule has 10 heteroatoms. The van der Waals surface area contributed by atoms with Crippen LogP contribution in [0.2, 0.25) is 5.02 Å². The molecule has 1 heterocycles. The molecule has 2 aromatic carbocycles. The molecule has 0 spiro atoms. The van der Waals surface area contributed by atoms with Gasteiger partial charge in [0.15, 0.2) is 5.82 Å². The maximum Gasteiger partial charge on any atom is 0.264 e. The predicted molar refractivity (Wildman–Crippen MR) is 118 cm³/mol. The van der Waals surface area contributed by atoms with Crippen LogP contribution in [-0.4, -0.2) is 40.4 Å². The van der Waals surface area contributed by atoms with Gasteiger partial charge in [0.05, 0.1) is 22.2 Å². The van der Waals surface area contributed by atoms with Gasteiger partial charge in [0.1, 0.15) is 11.6 Å². The molecule has 31 heavy (non-hydrogen) atoms. The highest BCUT2D eigenvalue weighted by Crippen LogP contribution is 2.40. The molecule has 0 atom stereocenters. The molecule has 0 amide bonds. The normalized spacial score (nSPS) is 12.2. The molecule has 0 radical (unpaired) electrons. The van der Waals surface area contributed by atoms with Gasteiger partial charge in [0.25, 0.3) is 10.0 Å². The first kappa shape index (κ1) is 23.2. The van der Waals surface area contributed by atoms with Gasteiger partial charge in [-0.3, -0.25) is 4.31 Å². The standard InChI is InChI=1S/C21H24ClFN4O3S/c1-21(2,3)27(31(29,30)14-8-6-5-7-9-14)18-13-17(23)16(22)12-15(18)20-25-24-19(10-11-28)26(20)4/h5-9,12-13,28H,10-11H2,1-4H3. The van der Waals surface area contributed by atoms with Crippen LogP contribution < -0.4 is 4.31 Å². The van der Waals surface area contributed by atoms with Crippen molar-refractivity contribution in [3.63, 3.8) is 0 Å². The van der Waals surface area contributed by atoms with Crippen molar-refractivity contribution in [3.8, 4) is 11.4 Å². The number of hydrogen-bond donors (Lipinski definition) is 1. The third-order valence-corrected chi connectivity index (χ3v) is 7.07. The second-order valence-corrected chi connectivity index (χ2v) is 10.2. The SMILES string of the molecule is Cn1c(CCO)nnc1-c1cc(Cl)c(F)cc1N(C(C)(C)C)S(=O)(=O)c1ccccc1. The third kappa shape index (κ3) is 4.44. The molecule has 0 unspecified atom stereocenters. The average Bonchev–Trinajstić information content (AvgIpc) is 3.05. The highest BCUT2D eigenvalue weighted by molar-refractivity contribution is 7.93. The fourth-order valence-electron chi connectivity index (χ4n) is 3.35. The zero-order chi connectivity index (χ0) is 23.0. The van der Waals surface area contributed by atoms with E-state index in [0.29, 0.717) is 17.2 Å². The van der Waals surface area contributed by atoms with Crippen LogP contribution in [0, 0.1) is 5.82 Å². The summed E-state index contributed by atoms with van der Waals surface area (Å²) in [5.74, 6) is 0.0469. The molecule has 0 saturated heterocycles. The molecule has 0 bridgehead atoms. The number of aliphatic hydroxyl groups is 1. The maximum atomic E-state index is 14.6. The van der Waals surface area contributed by atoms with Crippen molar-refractivity contribution in [1.29, 1.82) is 0 Å². The highest BCUT2D eigenvalue weighted by atomic mass is 35.5. The monoisotopic (exact) mass is 466 g/mol. The Balaban J connectivity index is 2.32. The lowest BCUT2D eigenvalue weighted by Gasteiger charge is -2.37. The van der Waals surface area contributed by atoms with Gasteiger partial charge in [-0.1, -0.05) is 29.8 Å². The van der Waals surface area contributed by atoms with Gasteiger partial charge in [-0.2, -0.15) is 0 Å². The molecule has 0 aliphatic rings. The van der Waals surface area contributed by atoms with Crippen LogP contribution in [0.3, 0.4) is 0 Å². The number of rotatable bonds is 6. The van der Waals surface area contributed by atoms with E-state index in [2.05, 4.69) is 10.2 Å². The summed E-state index contributed by atoms with van der Waals surface area (Å²) in [6.45, 7) is 5.03. The summed E-state index contributed by atoms with van der Waals surface area (Å²) in [6, 6.07) is 10.4. The van der Waals surface area contributed by atoms with Crippen molar-refractivity contribution in [2.75, 3.05) is 10.9 Å². The minimum Gasteiger partial charge on any atom is -0.396 e. The van der Waals surface area contributed by atoms with Crippen LogP contribution >= 0.6 is 11.6 Å². The predicted octanol–water partition coefficient (Wildman–Crippen LogP) is 3.80. The lowest BCUT2D eigenvalue weighted by atomic mass is 10.1. The van der Waals surface area contributed by atoms with E-state index in [4.69, 9.17) is 11.6 Å². The van der Waals surface area contributed by atoms with Gasteiger partial charge < -0.3 is 9.67 Å². The molecule has 0 aliphatic heterocycles. The minimum absolute atomic E-state index is 0.0742. The van der Waals surface area contributed by atoms with E-state index in [9.17, 15) is 17.9 Å². The fourth-order valence-corrected chi connectivity index (χ4v) is 5.35. The molecule has 0 fully saturated rings. The van der Waals surface area contributed by atoms with E-state index in [1.807, 2.05) is 0 Å². The van der Waals surface area contributed by atoms with Gasteiger partial charge in [-0.05, 0) is 39.0 Å². The summed E-state index contributed by atoms with van der Waals surface area (Å²) in [7, 11) is -2.37. The molecule has 7 nitrogen and oxygen atoms in total. The van der Waals surface area contributed by atoms with Gasteiger partial charge in [0.2, 0.25) is 0 Å². The van der Waals surface area contributed by atoms with Crippen molar-refractivity contribution < 1.29 is 17.9 Å². The lowest BCUT2D eigenvalue weighted by Crippen LogP contribution is -2.46. The van der Waals surface area contributed by atoms with Crippen LogP contribution in [0.4, 0.5) is 10.1 Å². The number of sulfonamides is 1. The number of aromatic nitrogens is 3. The average molecular weight is 467 g/mol. The topological polar surface area (TPSA) is 88.3 Å². The quantitative estimate of drug-likeness (QED) is 0.596. The molecular weight excluding hydrogens is 443 g/mol. The highest BCUT2D eigenvalue weighted by Gasteiger charge is 2.37. The summed E-state index contributed by atoms with van der Waals surface area (Å²) in [4.78, 5) is 0.0742. The van der Waals surface area contributed by atoms with Gasteiger partial charge >= 0.3 is 0 Å². The number of benzene rings is 2. The van der Waals surface area contributed by atoms with E-state index >= 15 is 0 Å². The van der Waals surface area contributed by atoms with E-state index < -0.39 is 21.4 Å². The Bertz CT molecular complexity index is 1190. The van der Waals surface area contributed by atoms with Crippen molar-refractivity contribution in [1.82, 2.24) is 14.8 Å². The van der Waals surface area contributed by atoms with E-state index in [-0.39, 0.29) is 28.6 Å². The zero-order valence-electron chi connectivity index (χ0n) is 17.7. The first-order valence-corrected chi connectivity index (χ1v) is 11.4. The number of aliphatic hydroxyl groups excluding tert-OH is 1. The molecular formula is C21H24ClFN4O3S. The molecule has 0 saturated carbocycles. The molecule has 3 rings (SSSR count). The summed E-state index contributed by atoms with van der Waals surface area (Å²) in [5.41, 5.74) is -0.555. The first-order valence-electron chi connectivity index (χ1n) is 9.57. The lowest BCUT2D eigenvalue weighted by molar-refractivity contribution is 0.295. The minimum atomic E-state index is -4.06. The molecule has 3 aromatic rings. The Morgan fingerprint density at radius 3 is 2.39 bits per heavy atom. The summed E-state index contributed by atoms with van der Waals surface area (Å²) in [6.07, 6.45) is 0.263. The largest absolute Gasteiger partial charge is 0.396 e. The first-order chi connectivity index (χ1) is 14.5. The Hall–Kier alpha value is -2.49. The molecule has 0 aliphatic carbocycles. The summed E-state index contributed by atoms with van der Waals surface area (Å²) in [5, 5.41) is 17.3. The van der Waals surface area contributed by atoms with E-state index in [1.54, 1.807) is 50.6 Å². The Morgan fingerprint density at radius 2 is 1.81 bits per heavy atom. The van der Waals surface area contributed by atoms with Crippen molar-refractivity contribution in [3.05, 3.63) is 59.1 Å². The van der Waals surface area contributed by atoms with E-state index in [1.165, 1.54) is 22.5 Å². The second kappa shape index (κ2) is 8.57. The fraction of sp³-hybridized carbons (Fsp3) is 0.333. The number of hydrogen-bond acceptors (Lipinski definition) is 5. The zero-order valence-corrected chi connectivity index (χ0v) is 19.2. The number of halogens is 2. The molecule has 1 aromatic heterocycles. The molecule has 166 valence electrons. The number of nitrogens with zero attached hydrogens (tertiary/aromatic N) is 4. The van der Waals surface area contributed by atoms with Crippen molar-refractivity contribution in [2.24, 2.45) is 7.05 Å². The van der Waals surface area contributed by atoms with E-state index in [0.717, 1.165) is 6.07 Å². The van der Waals surface area contributed by atoms with Crippen LogP contribution in [0.15, 0.2) is 47.4 Å². The summed E-state index contributed by atoms with van der Waals surface area (Å²) < 4.78 is 44.7. The summed E-state index contributed by atoms with van der Waals surface area (Å²) >= 11 is 6.07.